The fourth-order valence-corrected chi connectivity index (χ4v) is 5.25. The van der Waals surface area contributed by atoms with Crippen LogP contribution in [-0.4, -0.2) is 56.0 Å². The van der Waals surface area contributed by atoms with Crippen LogP contribution in [-0.2, 0) is 20.4 Å². The monoisotopic (exact) mass is 556 g/mol. The molecule has 1 amide bonds. The van der Waals surface area contributed by atoms with Gasteiger partial charge >= 0.3 is 6.18 Å². The number of hydrogen-bond donors (Lipinski definition) is 4. The van der Waals surface area contributed by atoms with Gasteiger partial charge in [-0.2, -0.15) is 13.2 Å². The Labute approximate surface area is 225 Å². The average Bonchev–Trinajstić information content (AvgIpc) is 3.34. The van der Waals surface area contributed by atoms with Crippen LogP contribution in [0.15, 0.2) is 65.7 Å². The third-order valence-corrected chi connectivity index (χ3v) is 7.24. The predicted octanol–water partition coefficient (Wildman–Crippen LogP) is 4.29. The molecule has 0 radical (unpaired) electrons. The summed E-state index contributed by atoms with van der Waals surface area (Å²) in [5.41, 5.74) is 2.33. The molecule has 1 unspecified atom stereocenters. The van der Waals surface area contributed by atoms with Gasteiger partial charge < -0.3 is 25.0 Å². The highest BCUT2D eigenvalue weighted by molar-refractivity contribution is 7.16. The number of anilines is 2. The van der Waals surface area contributed by atoms with E-state index in [-0.39, 0.29) is 10.6 Å². The summed E-state index contributed by atoms with van der Waals surface area (Å²) in [6.07, 6.45) is -5.91. The number of amides is 1. The number of alkyl halides is 3. The normalized spacial score (nSPS) is 17.4. The number of aliphatic imine (C=N–C) groups is 1. The van der Waals surface area contributed by atoms with Crippen molar-refractivity contribution >= 4 is 45.6 Å². The zero-order chi connectivity index (χ0) is 27.6. The Morgan fingerprint density at radius 1 is 1.10 bits per heavy atom. The lowest BCUT2D eigenvalue weighted by molar-refractivity contribution is -0.134. The first-order chi connectivity index (χ1) is 18.7. The molecule has 4 N–H and O–H groups in total. The van der Waals surface area contributed by atoms with Crippen molar-refractivity contribution in [2.45, 2.75) is 12.3 Å². The van der Waals surface area contributed by atoms with E-state index in [4.69, 9.17) is 20.3 Å². The molecule has 1 saturated heterocycles. The molecule has 0 spiro atoms. The van der Waals surface area contributed by atoms with Crippen LogP contribution in [0.2, 0.25) is 0 Å². The minimum Gasteiger partial charge on any atom is -0.407 e. The summed E-state index contributed by atoms with van der Waals surface area (Å²) < 4.78 is 51.1. The molecule has 3 aromatic rings. The molecule has 3 heterocycles. The Kier molecular flexibility index (Phi) is 7.35. The molecule has 39 heavy (non-hydrogen) atoms. The van der Waals surface area contributed by atoms with Gasteiger partial charge in [0.15, 0.2) is 0 Å². The molecular weight excluding hydrogens is 533 g/mol. The fraction of sp³-hybridized carbons (Fsp3) is 0.231. The van der Waals surface area contributed by atoms with E-state index in [0.717, 1.165) is 11.6 Å². The summed E-state index contributed by atoms with van der Waals surface area (Å²) >= 11 is 0.506. The number of nitrogens with zero attached hydrogens (tertiary/aromatic N) is 2. The lowest BCUT2D eigenvalue weighted by Crippen LogP contribution is -2.43. The number of hydrogen-bond acceptors (Lipinski definition) is 8. The molecule has 0 bridgehead atoms. The van der Waals surface area contributed by atoms with Crippen LogP contribution in [0.5, 0.6) is 0 Å². The van der Waals surface area contributed by atoms with Crippen LogP contribution in [0.3, 0.4) is 0 Å². The Hall–Kier alpha value is -4.23. The third-order valence-electron chi connectivity index (χ3n) is 6.00. The number of benzodiazepines with no additional fused rings is 1. The maximum absolute atomic E-state index is 13.5. The number of fused-ring (bicyclic) bond motifs is 1. The summed E-state index contributed by atoms with van der Waals surface area (Å²) in [6, 6.07) is 16.4. The zero-order valence-corrected chi connectivity index (χ0v) is 21.2. The number of nitrogens with one attached hydrogen (secondary N) is 4. The quantitative estimate of drug-likeness (QED) is 0.282. The molecule has 2 aliphatic rings. The van der Waals surface area contributed by atoms with Gasteiger partial charge in [-0.25, -0.2) is 4.99 Å². The number of halogens is 3. The molecule has 9 nitrogen and oxygen atoms in total. The first-order valence-electron chi connectivity index (χ1n) is 11.9. The van der Waals surface area contributed by atoms with Crippen molar-refractivity contribution in [2.24, 2.45) is 4.99 Å². The number of morpholine rings is 1. The molecule has 1 fully saturated rings. The molecule has 0 aliphatic carbocycles. The Bertz CT molecular complexity index is 1430. The van der Waals surface area contributed by atoms with E-state index in [1.54, 1.807) is 17.0 Å². The van der Waals surface area contributed by atoms with Crippen LogP contribution in [0, 0.1) is 10.8 Å². The van der Waals surface area contributed by atoms with Crippen LogP contribution in [0.4, 0.5) is 23.9 Å². The summed E-state index contributed by atoms with van der Waals surface area (Å²) in [5, 5.41) is 22.2. The lowest BCUT2D eigenvalue weighted by Gasteiger charge is -2.28. The Balaban J connectivity index is 1.39. The Morgan fingerprint density at radius 3 is 2.51 bits per heavy atom. The predicted molar refractivity (Wildman–Crippen MR) is 142 cm³/mol. The first kappa shape index (κ1) is 26.4. The van der Waals surface area contributed by atoms with Crippen molar-refractivity contribution in [1.29, 1.82) is 10.8 Å². The average molecular weight is 557 g/mol. The standard InChI is InChI=1S/C26H23F3N6O3S/c27-26(28,29)19-14-17(24(39-19)35-10-12-37-13-11-35)21(30)38-25(31)34-22-23(36)32-18-9-5-4-8-16(18)20(33-22)15-6-2-1-3-7-15/h1-9,14,22,30H,10-13H2,(H2,31,34)(H,32,36). The van der Waals surface area contributed by atoms with Gasteiger partial charge in [0, 0.05) is 24.2 Å². The largest absolute Gasteiger partial charge is 0.425 e. The molecule has 13 heteroatoms. The molecule has 1 atom stereocenters. The maximum Gasteiger partial charge on any atom is 0.425 e. The maximum atomic E-state index is 13.5. The number of thiophene rings is 1. The Morgan fingerprint density at radius 2 is 1.79 bits per heavy atom. The van der Waals surface area contributed by atoms with Gasteiger partial charge in [-0.3, -0.25) is 15.6 Å². The minimum absolute atomic E-state index is 0.105. The molecule has 1 aromatic heterocycles. The van der Waals surface area contributed by atoms with Gasteiger partial charge in [-0.1, -0.05) is 48.5 Å². The summed E-state index contributed by atoms with van der Waals surface area (Å²) in [5.74, 6) is -1.23. The van der Waals surface area contributed by atoms with Crippen LogP contribution >= 0.6 is 11.3 Å². The first-order valence-corrected chi connectivity index (χ1v) is 12.7. The fourth-order valence-electron chi connectivity index (χ4n) is 4.18. The third kappa shape index (κ3) is 5.78. The van der Waals surface area contributed by atoms with Crippen molar-refractivity contribution in [2.75, 3.05) is 36.5 Å². The van der Waals surface area contributed by atoms with Crippen molar-refractivity contribution in [3.8, 4) is 0 Å². The van der Waals surface area contributed by atoms with Gasteiger partial charge in [0.25, 0.3) is 11.9 Å². The van der Waals surface area contributed by atoms with E-state index in [2.05, 4.69) is 15.6 Å². The SMILES string of the molecule is N=C(NC1N=C(c2ccccc2)c2ccccc2NC1=O)OC(=N)c1cc(C(F)(F)F)sc1N1CCOCC1. The van der Waals surface area contributed by atoms with Crippen LogP contribution in [0.1, 0.15) is 21.6 Å². The summed E-state index contributed by atoms with van der Waals surface area (Å²) in [6.45, 7) is 1.39. The van der Waals surface area contributed by atoms with E-state index in [1.165, 1.54) is 0 Å². The van der Waals surface area contributed by atoms with Gasteiger partial charge in [0.1, 0.15) is 9.88 Å². The number of carbonyl (C=O) groups is 1. The second-order valence-electron chi connectivity index (χ2n) is 8.61. The van der Waals surface area contributed by atoms with Gasteiger partial charge in [-0.05, 0) is 12.1 Å². The van der Waals surface area contributed by atoms with Crippen LogP contribution < -0.4 is 15.5 Å². The van der Waals surface area contributed by atoms with Gasteiger partial charge in [0.2, 0.25) is 12.1 Å². The highest BCUT2D eigenvalue weighted by Gasteiger charge is 2.36. The highest BCUT2D eigenvalue weighted by Crippen LogP contribution is 2.41. The molecule has 202 valence electrons. The van der Waals surface area contributed by atoms with Gasteiger partial charge in [0.05, 0.1) is 30.2 Å². The number of amidine groups is 1. The minimum atomic E-state index is -4.61. The van der Waals surface area contributed by atoms with E-state index >= 15 is 0 Å². The number of ether oxygens (including phenoxy) is 2. The highest BCUT2D eigenvalue weighted by atomic mass is 32.1. The number of benzene rings is 2. The van der Waals surface area contributed by atoms with Crippen molar-refractivity contribution in [1.82, 2.24) is 5.32 Å². The van der Waals surface area contributed by atoms with Crippen molar-refractivity contribution in [3.63, 3.8) is 0 Å². The van der Waals surface area contributed by atoms with E-state index < -0.39 is 35.0 Å². The topological polar surface area (TPSA) is 123 Å². The molecule has 5 rings (SSSR count). The van der Waals surface area contributed by atoms with E-state index in [1.807, 2.05) is 42.5 Å². The van der Waals surface area contributed by atoms with E-state index in [9.17, 15) is 18.0 Å². The van der Waals surface area contributed by atoms with Crippen molar-refractivity contribution in [3.05, 3.63) is 82.2 Å². The number of rotatable bonds is 4. The number of para-hydroxylation sites is 1. The zero-order valence-electron chi connectivity index (χ0n) is 20.3. The lowest BCUT2D eigenvalue weighted by atomic mass is 10.0. The molecule has 2 aromatic carbocycles. The summed E-state index contributed by atoms with van der Waals surface area (Å²) in [4.78, 5) is 18.4. The van der Waals surface area contributed by atoms with E-state index in [0.29, 0.717) is 54.6 Å². The number of carbonyl (C=O) groups excluding carboxylic acids is 1. The second-order valence-corrected chi connectivity index (χ2v) is 9.64. The smallest absolute Gasteiger partial charge is 0.407 e. The molecular formula is C26H23F3N6O3S. The second kappa shape index (κ2) is 10.9. The molecule has 0 saturated carbocycles. The molecule has 2 aliphatic heterocycles. The van der Waals surface area contributed by atoms with Crippen molar-refractivity contribution < 1.29 is 27.4 Å². The summed E-state index contributed by atoms with van der Waals surface area (Å²) in [7, 11) is 0. The van der Waals surface area contributed by atoms with Crippen LogP contribution in [0.25, 0.3) is 0 Å². The van der Waals surface area contributed by atoms with Gasteiger partial charge in [-0.15, -0.1) is 11.3 Å².